The maximum Gasteiger partial charge on any atom is 0.226 e. The lowest BCUT2D eigenvalue weighted by Crippen LogP contribution is -2.10. The lowest BCUT2D eigenvalue weighted by molar-refractivity contribution is 0.109. The molecule has 0 amide bonds. The van der Waals surface area contributed by atoms with Gasteiger partial charge >= 0.3 is 0 Å². The maximum absolute atomic E-state index is 5.60. The summed E-state index contributed by atoms with van der Waals surface area (Å²) in [4.78, 5) is 4.45. The molecule has 19 heavy (non-hydrogen) atoms. The van der Waals surface area contributed by atoms with Crippen LogP contribution in [0.1, 0.15) is 50.7 Å². The summed E-state index contributed by atoms with van der Waals surface area (Å²) in [6.07, 6.45) is 7.49. The summed E-state index contributed by atoms with van der Waals surface area (Å²) in [7, 11) is 0. The van der Waals surface area contributed by atoms with Gasteiger partial charge in [-0.2, -0.15) is 4.98 Å². The number of rotatable bonds is 8. The molecule has 1 aliphatic rings. The van der Waals surface area contributed by atoms with Crippen LogP contribution >= 0.6 is 0 Å². The van der Waals surface area contributed by atoms with Crippen molar-refractivity contribution in [3.05, 3.63) is 11.7 Å². The Balaban J connectivity index is 1.76. The fourth-order valence-corrected chi connectivity index (χ4v) is 2.60. The Kier molecular flexibility index (Phi) is 5.79. The number of nitrogens with two attached hydrogens (primary N) is 1. The van der Waals surface area contributed by atoms with Gasteiger partial charge in [0.2, 0.25) is 5.89 Å². The third-order valence-electron chi connectivity index (χ3n) is 3.86. The van der Waals surface area contributed by atoms with Gasteiger partial charge in [-0.05, 0) is 38.1 Å². The molecule has 2 rings (SSSR count). The van der Waals surface area contributed by atoms with Gasteiger partial charge in [-0.3, -0.25) is 0 Å². The van der Waals surface area contributed by atoms with Crippen molar-refractivity contribution in [1.82, 2.24) is 10.1 Å². The van der Waals surface area contributed by atoms with Crippen LogP contribution in [-0.4, -0.2) is 29.4 Å². The van der Waals surface area contributed by atoms with E-state index < -0.39 is 0 Å². The third-order valence-corrected chi connectivity index (χ3v) is 3.86. The average molecular weight is 267 g/mol. The van der Waals surface area contributed by atoms with Crippen LogP contribution < -0.4 is 5.73 Å². The zero-order chi connectivity index (χ0) is 13.5. The molecule has 0 aromatic carbocycles. The normalized spacial score (nSPS) is 20.8. The van der Waals surface area contributed by atoms with Crippen molar-refractivity contribution in [1.29, 1.82) is 0 Å². The minimum absolute atomic E-state index is 0.283. The highest BCUT2D eigenvalue weighted by atomic mass is 16.5. The van der Waals surface area contributed by atoms with Crippen molar-refractivity contribution in [3.63, 3.8) is 0 Å². The van der Waals surface area contributed by atoms with Crippen LogP contribution in [0.15, 0.2) is 4.52 Å². The average Bonchev–Trinajstić information content (AvgIpc) is 3.07. The molecule has 1 aromatic rings. The van der Waals surface area contributed by atoms with E-state index in [2.05, 4.69) is 17.1 Å². The van der Waals surface area contributed by atoms with Gasteiger partial charge in [0.05, 0.1) is 6.10 Å². The highest BCUT2D eigenvalue weighted by Gasteiger charge is 2.19. The lowest BCUT2D eigenvalue weighted by Gasteiger charge is -2.11. The monoisotopic (exact) mass is 267 g/mol. The summed E-state index contributed by atoms with van der Waals surface area (Å²) in [5.41, 5.74) is 5.60. The lowest BCUT2D eigenvalue weighted by atomic mass is 9.97. The van der Waals surface area contributed by atoms with Crippen LogP contribution in [0.3, 0.4) is 0 Å². The summed E-state index contributed by atoms with van der Waals surface area (Å²) in [5, 5.41) is 4.04. The summed E-state index contributed by atoms with van der Waals surface area (Å²) in [6.45, 7) is 3.83. The van der Waals surface area contributed by atoms with Gasteiger partial charge in [0.25, 0.3) is 0 Å². The van der Waals surface area contributed by atoms with E-state index in [-0.39, 0.29) is 6.10 Å². The Morgan fingerprint density at radius 1 is 1.42 bits per heavy atom. The van der Waals surface area contributed by atoms with Crippen LogP contribution in [0.5, 0.6) is 0 Å². The first kappa shape index (κ1) is 14.5. The molecule has 5 nitrogen and oxygen atoms in total. The Morgan fingerprint density at radius 2 is 2.32 bits per heavy atom. The molecule has 5 heteroatoms. The van der Waals surface area contributed by atoms with Gasteiger partial charge in [-0.25, -0.2) is 0 Å². The maximum atomic E-state index is 5.60. The van der Waals surface area contributed by atoms with Crippen LogP contribution in [-0.2, 0) is 17.6 Å². The summed E-state index contributed by atoms with van der Waals surface area (Å²) in [6, 6.07) is 0. The topological polar surface area (TPSA) is 74.2 Å². The molecule has 1 saturated heterocycles. The standard InChI is InChI=1S/C14H25N3O2/c1-2-11(7-8-15)5-6-14-16-13(17-19-14)10-12-4-3-9-18-12/h11-12H,2-10,15H2,1H3. The summed E-state index contributed by atoms with van der Waals surface area (Å²) >= 11 is 0. The van der Waals surface area contributed by atoms with Crippen LogP contribution in [0.4, 0.5) is 0 Å². The van der Waals surface area contributed by atoms with E-state index >= 15 is 0 Å². The first-order valence-corrected chi connectivity index (χ1v) is 7.45. The molecule has 2 atom stereocenters. The quantitative estimate of drug-likeness (QED) is 0.780. The molecule has 2 heterocycles. The summed E-state index contributed by atoms with van der Waals surface area (Å²) in [5.74, 6) is 2.20. The first-order chi connectivity index (χ1) is 9.31. The minimum atomic E-state index is 0.283. The van der Waals surface area contributed by atoms with E-state index in [1.807, 2.05) is 0 Å². The zero-order valence-electron chi connectivity index (χ0n) is 11.8. The number of nitrogens with zero attached hydrogens (tertiary/aromatic N) is 2. The Hall–Kier alpha value is -0.940. The molecule has 0 aliphatic carbocycles. The van der Waals surface area contributed by atoms with Crippen molar-refractivity contribution in [2.75, 3.05) is 13.2 Å². The molecule has 1 fully saturated rings. The zero-order valence-corrected chi connectivity index (χ0v) is 11.8. The number of ether oxygens (including phenoxy) is 1. The molecule has 1 aliphatic heterocycles. The highest BCUT2D eigenvalue weighted by Crippen LogP contribution is 2.18. The fourth-order valence-electron chi connectivity index (χ4n) is 2.60. The molecule has 2 unspecified atom stereocenters. The van der Waals surface area contributed by atoms with E-state index in [9.17, 15) is 0 Å². The number of aromatic nitrogens is 2. The van der Waals surface area contributed by atoms with Crippen LogP contribution in [0, 0.1) is 5.92 Å². The Morgan fingerprint density at radius 3 is 3.00 bits per heavy atom. The SMILES string of the molecule is CCC(CCN)CCc1nc(CC2CCCO2)no1. The number of hydrogen-bond acceptors (Lipinski definition) is 5. The van der Waals surface area contributed by atoms with Gasteiger partial charge in [-0.1, -0.05) is 18.5 Å². The molecular weight excluding hydrogens is 242 g/mol. The third kappa shape index (κ3) is 4.58. The molecule has 0 spiro atoms. The second kappa shape index (κ2) is 7.60. The van der Waals surface area contributed by atoms with Crippen molar-refractivity contribution in [3.8, 4) is 0 Å². The molecule has 1 aromatic heterocycles. The van der Waals surface area contributed by atoms with Gasteiger partial charge in [-0.15, -0.1) is 0 Å². The van der Waals surface area contributed by atoms with Crippen molar-refractivity contribution >= 4 is 0 Å². The van der Waals surface area contributed by atoms with Crippen LogP contribution in [0.25, 0.3) is 0 Å². The van der Waals surface area contributed by atoms with E-state index in [0.717, 1.165) is 69.8 Å². The van der Waals surface area contributed by atoms with Crippen molar-refractivity contribution < 1.29 is 9.26 Å². The molecule has 0 radical (unpaired) electrons. The van der Waals surface area contributed by atoms with Gasteiger partial charge in [0.15, 0.2) is 5.82 Å². The fraction of sp³-hybridized carbons (Fsp3) is 0.857. The Bertz CT molecular complexity index is 361. The molecule has 0 saturated carbocycles. The second-order valence-electron chi connectivity index (χ2n) is 5.33. The van der Waals surface area contributed by atoms with E-state index in [0.29, 0.717) is 5.92 Å². The Labute approximate surface area is 114 Å². The minimum Gasteiger partial charge on any atom is -0.378 e. The second-order valence-corrected chi connectivity index (χ2v) is 5.33. The number of aryl methyl sites for hydroxylation is 1. The van der Waals surface area contributed by atoms with Crippen molar-refractivity contribution in [2.45, 2.75) is 58.0 Å². The molecule has 0 bridgehead atoms. The molecule has 108 valence electrons. The summed E-state index contributed by atoms with van der Waals surface area (Å²) < 4.78 is 10.9. The molecule has 2 N–H and O–H groups in total. The van der Waals surface area contributed by atoms with Gasteiger partial charge in [0.1, 0.15) is 0 Å². The predicted octanol–water partition coefficient (Wildman–Crippen LogP) is 2.10. The largest absolute Gasteiger partial charge is 0.378 e. The van der Waals surface area contributed by atoms with Crippen LogP contribution in [0.2, 0.25) is 0 Å². The van der Waals surface area contributed by atoms with E-state index in [1.54, 1.807) is 0 Å². The van der Waals surface area contributed by atoms with E-state index in [4.69, 9.17) is 15.0 Å². The van der Waals surface area contributed by atoms with Gasteiger partial charge in [0, 0.05) is 19.4 Å². The molecular formula is C14H25N3O2. The predicted molar refractivity (Wildman–Crippen MR) is 72.7 cm³/mol. The smallest absolute Gasteiger partial charge is 0.226 e. The van der Waals surface area contributed by atoms with Gasteiger partial charge < -0.3 is 15.0 Å². The van der Waals surface area contributed by atoms with Crippen molar-refractivity contribution in [2.24, 2.45) is 11.7 Å². The number of hydrogen-bond donors (Lipinski definition) is 1. The first-order valence-electron chi connectivity index (χ1n) is 7.45. The van der Waals surface area contributed by atoms with E-state index in [1.165, 1.54) is 0 Å². The highest BCUT2D eigenvalue weighted by molar-refractivity contribution is 4.90.